The van der Waals surface area contributed by atoms with Crippen molar-refractivity contribution in [2.75, 3.05) is 24.7 Å². The SMILES string of the molecule is O=C(Cn1cnc2sc(-c3ccccc3)cc2c1=O)N(C[C@@H]1CCCO1)[C@H]1CCS(=O)(=O)C1. The Morgan fingerprint density at radius 3 is 2.76 bits per heavy atom. The van der Waals surface area contributed by atoms with Gasteiger partial charge in [-0.3, -0.25) is 14.2 Å². The summed E-state index contributed by atoms with van der Waals surface area (Å²) in [4.78, 5) is 34.0. The number of benzene rings is 1. The lowest BCUT2D eigenvalue weighted by Gasteiger charge is -2.30. The van der Waals surface area contributed by atoms with Crippen LogP contribution in [0.15, 0.2) is 47.5 Å². The van der Waals surface area contributed by atoms with Gasteiger partial charge in [0.25, 0.3) is 5.56 Å². The average molecular weight is 488 g/mol. The smallest absolute Gasteiger partial charge is 0.262 e. The third-order valence-electron chi connectivity index (χ3n) is 6.28. The van der Waals surface area contributed by atoms with Crippen molar-refractivity contribution < 1.29 is 17.9 Å². The van der Waals surface area contributed by atoms with Crippen molar-refractivity contribution in [1.29, 1.82) is 0 Å². The number of amides is 1. The highest BCUT2D eigenvalue weighted by Gasteiger charge is 2.36. The molecule has 2 aliphatic rings. The molecule has 5 rings (SSSR count). The predicted molar refractivity (Wildman–Crippen MR) is 127 cm³/mol. The first-order valence-corrected chi connectivity index (χ1v) is 13.7. The van der Waals surface area contributed by atoms with E-state index in [0.29, 0.717) is 29.8 Å². The summed E-state index contributed by atoms with van der Waals surface area (Å²) in [6.45, 7) is 0.819. The molecule has 0 bridgehead atoms. The van der Waals surface area contributed by atoms with Gasteiger partial charge in [-0.05, 0) is 30.9 Å². The summed E-state index contributed by atoms with van der Waals surface area (Å²) in [5, 5.41) is 0.475. The van der Waals surface area contributed by atoms with Crippen LogP contribution in [0.3, 0.4) is 0 Å². The van der Waals surface area contributed by atoms with Crippen LogP contribution >= 0.6 is 11.3 Å². The fraction of sp³-hybridized carbons (Fsp3) is 0.435. The van der Waals surface area contributed by atoms with Gasteiger partial charge in [-0.1, -0.05) is 30.3 Å². The molecule has 2 atom stereocenters. The maximum atomic E-state index is 13.3. The standard InChI is InChI=1S/C23H25N3O5S2/c27-21(26(12-18-7-4-9-31-18)17-8-10-33(29,30)14-17)13-25-15-24-22-19(23(25)28)11-20(32-22)16-5-2-1-3-6-16/h1-3,5-6,11,15,17-18H,4,7-10,12-14H2/t17-,18-/m0/s1. The molecule has 1 aromatic carbocycles. The lowest BCUT2D eigenvalue weighted by Crippen LogP contribution is -2.47. The van der Waals surface area contributed by atoms with Crippen molar-refractivity contribution in [3.63, 3.8) is 0 Å². The lowest BCUT2D eigenvalue weighted by atomic mass is 10.1. The zero-order valence-corrected chi connectivity index (χ0v) is 19.7. The van der Waals surface area contributed by atoms with Crippen LogP contribution in [0.4, 0.5) is 0 Å². The number of thiophene rings is 1. The summed E-state index contributed by atoms with van der Waals surface area (Å²) in [7, 11) is -3.16. The molecule has 2 saturated heterocycles. The van der Waals surface area contributed by atoms with E-state index in [1.54, 1.807) is 4.90 Å². The van der Waals surface area contributed by atoms with Gasteiger partial charge in [0.05, 0.1) is 29.3 Å². The topological polar surface area (TPSA) is 98.6 Å². The maximum absolute atomic E-state index is 13.3. The Labute approximate surface area is 195 Å². The van der Waals surface area contributed by atoms with E-state index in [9.17, 15) is 18.0 Å². The monoisotopic (exact) mass is 487 g/mol. The first-order valence-electron chi connectivity index (χ1n) is 11.1. The quantitative estimate of drug-likeness (QED) is 0.529. The molecule has 0 N–H and O–H groups in total. The van der Waals surface area contributed by atoms with Crippen LogP contribution in [-0.2, 0) is 25.9 Å². The van der Waals surface area contributed by atoms with E-state index >= 15 is 0 Å². The Morgan fingerprint density at radius 1 is 1.24 bits per heavy atom. The van der Waals surface area contributed by atoms with Crippen LogP contribution in [0.25, 0.3) is 20.7 Å². The third-order valence-corrected chi connectivity index (χ3v) is 9.12. The Bertz CT molecular complexity index is 1330. The second kappa shape index (κ2) is 9.00. The number of hydrogen-bond donors (Lipinski definition) is 0. The highest BCUT2D eigenvalue weighted by molar-refractivity contribution is 7.91. The fourth-order valence-electron chi connectivity index (χ4n) is 4.54. The molecular formula is C23H25N3O5S2. The molecule has 1 amide bonds. The first-order chi connectivity index (χ1) is 15.9. The molecule has 4 heterocycles. The summed E-state index contributed by atoms with van der Waals surface area (Å²) < 4.78 is 31.1. The number of nitrogens with zero attached hydrogens (tertiary/aromatic N) is 3. The Balaban J connectivity index is 1.41. The van der Waals surface area contributed by atoms with Gasteiger partial charge in [-0.25, -0.2) is 13.4 Å². The predicted octanol–water partition coefficient (Wildman–Crippen LogP) is 2.32. The average Bonchev–Trinajstić information content (AvgIpc) is 3.54. The van der Waals surface area contributed by atoms with Gasteiger partial charge in [0, 0.05) is 24.1 Å². The fourth-order valence-corrected chi connectivity index (χ4v) is 7.26. The second-order valence-electron chi connectivity index (χ2n) is 8.61. The van der Waals surface area contributed by atoms with Crippen LogP contribution in [0.5, 0.6) is 0 Å². The molecule has 3 aromatic rings. The number of aromatic nitrogens is 2. The number of carbonyl (C=O) groups is 1. The van der Waals surface area contributed by atoms with Gasteiger partial charge in [-0.2, -0.15) is 0 Å². The van der Waals surface area contributed by atoms with E-state index < -0.39 is 9.84 Å². The molecule has 0 aliphatic carbocycles. The van der Waals surface area contributed by atoms with E-state index in [1.165, 1.54) is 22.2 Å². The number of ether oxygens (including phenoxy) is 1. The number of hydrogen-bond acceptors (Lipinski definition) is 7. The number of rotatable bonds is 6. The normalized spacial score (nSPS) is 22.1. The summed E-state index contributed by atoms with van der Waals surface area (Å²) in [5.41, 5.74) is 0.732. The van der Waals surface area contributed by atoms with Crippen molar-refractivity contribution >= 4 is 37.3 Å². The van der Waals surface area contributed by atoms with Crippen molar-refractivity contribution in [3.05, 3.63) is 53.1 Å². The van der Waals surface area contributed by atoms with Gasteiger partial charge in [-0.15, -0.1) is 11.3 Å². The van der Waals surface area contributed by atoms with E-state index in [-0.39, 0.29) is 41.7 Å². The van der Waals surface area contributed by atoms with Crippen LogP contribution < -0.4 is 5.56 Å². The van der Waals surface area contributed by atoms with Crippen molar-refractivity contribution in [2.45, 2.75) is 38.0 Å². The van der Waals surface area contributed by atoms with Gasteiger partial charge >= 0.3 is 0 Å². The zero-order chi connectivity index (χ0) is 23.0. The number of sulfone groups is 1. The maximum Gasteiger partial charge on any atom is 0.262 e. The second-order valence-corrected chi connectivity index (χ2v) is 11.9. The molecule has 8 nitrogen and oxygen atoms in total. The van der Waals surface area contributed by atoms with E-state index in [1.807, 2.05) is 36.4 Å². The summed E-state index contributed by atoms with van der Waals surface area (Å²) >= 11 is 1.44. The molecule has 174 valence electrons. The minimum absolute atomic E-state index is 0.0391. The minimum Gasteiger partial charge on any atom is -0.376 e. The van der Waals surface area contributed by atoms with Gasteiger partial charge < -0.3 is 9.64 Å². The molecule has 0 unspecified atom stereocenters. The largest absolute Gasteiger partial charge is 0.376 e. The highest BCUT2D eigenvalue weighted by Crippen LogP contribution is 2.30. The zero-order valence-electron chi connectivity index (χ0n) is 18.1. The van der Waals surface area contributed by atoms with Crippen LogP contribution in [0, 0.1) is 0 Å². The van der Waals surface area contributed by atoms with Crippen molar-refractivity contribution in [3.8, 4) is 10.4 Å². The van der Waals surface area contributed by atoms with Crippen LogP contribution in [-0.4, -0.2) is 65.6 Å². The van der Waals surface area contributed by atoms with Gasteiger partial charge in [0.15, 0.2) is 9.84 Å². The van der Waals surface area contributed by atoms with E-state index in [0.717, 1.165) is 23.3 Å². The Hall–Kier alpha value is -2.56. The van der Waals surface area contributed by atoms with E-state index in [4.69, 9.17) is 4.74 Å². The lowest BCUT2D eigenvalue weighted by molar-refractivity contribution is -0.135. The number of fused-ring (bicyclic) bond motifs is 1. The molecule has 2 aliphatic heterocycles. The molecule has 2 aromatic heterocycles. The van der Waals surface area contributed by atoms with Crippen LogP contribution in [0.1, 0.15) is 19.3 Å². The third kappa shape index (κ3) is 4.73. The molecular weight excluding hydrogens is 462 g/mol. The van der Waals surface area contributed by atoms with Crippen molar-refractivity contribution in [1.82, 2.24) is 14.5 Å². The first kappa shape index (κ1) is 22.2. The summed E-state index contributed by atoms with van der Waals surface area (Å²) in [5.74, 6) is -0.241. The summed E-state index contributed by atoms with van der Waals surface area (Å²) in [6, 6.07) is 11.2. The van der Waals surface area contributed by atoms with Crippen molar-refractivity contribution in [2.24, 2.45) is 0 Å². The van der Waals surface area contributed by atoms with Gasteiger partial charge in [0.1, 0.15) is 11.4 Å². The minimum atomic E-state index is -3.16. The van der Waals surface area contributed by atoms with Gasteiger partial charge in [0.2, 0.25) is 5.91 Å². The Morgan fingerprint density at radius 2 is 2.06 bits per heavy atom. The summed E-state index contributed by atoms with van der Waals surface area (Å²) in [6.07, 6.45) is 3.49. The molecule has 2 fully saturated rings. The molecule has 0 spiro atoms. The molecule has 0 radical (unpaired) electrons. The number of carbonyl (C=O) groups excluding carboxylic acids is 1. The Kier molecular flexibility index (Phi) is 6.07. The molecule has 10 heteroatoms. The van der Waals surface area contributed by atoms with E-state index in [2.05, 4.69) is 4.98 Å². The molecule has 33 heavy (non-hydrogen) atoms. The van der Waals surface area contributed by atoms with Crippen LogP contribution in [0.2, 0.25) is 0 Å². The molecule has 0 saturated carbocycles. The highest BCUT2D eigenvalue weighted by atomic mass is 32.2.